The van der Waals surface area contributed by atoms with Crippen LogP contribution in [0, 0.1) is 6.92 Å². The Morgan fingerprint density at radius 2 is 2.13 bits per heavy atom. The maximum absolute atomic E-state index is 12.8. The first kappa shape index (κ1) is 15.6. The first-order valence-corrected chi connectivity index (χ1v) is 7.71. The molecule has 2 heterocycles. The third-order valence-corrected chi connectivity index (χ3v) is 3.96. The Labute approximate surface area is 138 Å². The van der Waals surface area contributed by atoms with Crippen molar-refractivity contribution in [3.8, 4) is 0 Å². The summed E-state index contributed by atoms with van der Waals surface area (Å²) in [6, 6.07) is 8.28. The van der Waals surface area contributed by atoms with Crippen molar-refractivity contribution < 1.29 is 14.1 Å². The highest BCUT2D eigenvalue weighted by Crippen LogP contribution is 2.21. The summed E-state index contributed by atoms with van der Waals surface area (Å²) >= 11 is 5.87. The lowest BCUT2D eigenvalue weighted by molar-refractivity contribution is -0.127. The highest BCUT2D eigenvalue weighted by molar-refractivity contribution is 6.30. The number of benzene rings is 1. The average molecular weight is 334 g/mol. The molecule has 1 saturated heterocycles. The fraction of sp³-hybridized carbons (Fsp3) is 0.312. The minimum atomic E-state index is -0.255. The minimum absolute atomic E-state index is 0.0409. The molecule has 0 unspecified atom stereocenters. The molecule has 23 heavy (non-hydrogen) atoms. The van der Waals surface area contributed by atoms with Crippen LogP contribution in [0.4, 0.5) is 5.82 Å². The molecule has 3 rings (SSSR count). The van der Waals surface area contributed by atoms with Crippen LogP contribution < -0.4 is 4.90 Å². The standard InChI is InChI=1S/C16H16ClN3O3/c1-11-9-14(18-23-11)20(10-19-8-2-3-15(19)21)16(22)12-4-6-13(17)7-5-12/h4-7,9H,2-3,8,10H2,1H3. The van der Waals surface area contributed by atoms with Crippen molar-refractivity contribution in [1.29, 1.82) is 0 Å². The number of aromatic nitrogens is 1. The smallest absolute Gasteiger partial charge is 0.261 e. The summed E-state index contributed by atoms with van der Waals surface area (Å²) in [5.41, 5.74) is 0.474. The summed E-state index contributed by atoms with van der Waals surface area (Å²) in [5.74, 6) is 0.776. The Hall–Kier alpha value is -2.34. The number of rotatable bonds is 4. The molecule has 0 spiro atoms. The lowest BCUT2D eigenvalue weighted by atomic mass is 10.2. The maximum atomic E-state index is 12.8. The van der Waals surface area contributed by atoms with E-state index in [1.807, 2.05) is 0 Å². The molecule has 2 amide bonds. The zero-order valence-corrected chi connectivity index (χ0v) is 13.4. The number of hydrogen-bond donors (Lipinski definition) is 0. The van der Waals surface area contributed by atoms with Gasteiger partial charge in [0.2, 0.25) is 5.91 Å². The molecule has 0 aliphatic carbocycles. The van der Waals surface area contributed by atoms with Crippen LogP contribution in [0.25, 0.3) is 0 Å². The van der Waals surface area contributed by atoms with E-state index in [2.05, 4.69) is 5.16 Å². The molecule has 0 radical (unpaired) electrons. The van der Waals surface area contributed by atoms with Crippen molar-refractivity contribution in [1.82, 2.24) is 10.1 Å². The number of halogens is 1. The van der Waals surface area contributed by atoms with E-state index in [1.54, 1.807) is 42.2 Å². The number of amides is 2. The second-order valence-electron chi connectivity index (χ2n) is 5.44. The third-order valence-electron chi connectivity index (χ3n) is 3.71. The predicted molar refractivity (Wildman–Crippen MR) is 85.3 cm³/mol. The van der Waals surface area contributed by atoms with Gasteiger partial charge in [-0.15, -0.1) is 0 Å². The van der Waals surface area contributed by atoms with E-state index in [4.69, 9.17) is 16.1 Å². The number of aryl methyl sites for hydroxylation is 1. The quantitative estimate of drug-likeness (QED) is 0.863. The zero-order chi connectivity index (χ0) is 16.4. The van der Waals surface area contributed by atoms with Gasteiger partial charge in [-0.25, -0.2) is 0 Å². The monoisotopic (exact) mass is 333 g/mol. The Balaban J connectivity index is 1.89. The molecule has 1 aliphatic rings. The van der Waals surface area contributed by atoms with Crippen LogP contribution in [0.1, 0.15) is 29.0 Å². The summed E-state index contributed by atoms with van der Waals surface area (Å²) in [6.07, 6.45) is 1.32. The lowest BCUT2D eigenvalue weighted by Gasteiger charge is -2.25. The van der Waals surface area contributed by atoms with Gasteiger partial charge in [0.25, 0.3) is 5.91 Å². The second kappa shape index (κ2) is 6.42. The van der Waals surface area contributed by atoms with Crippen LogP contribution in [-0.4, -0.2) is 35.1 Å². The minimum Gasteiger partial charge on any atom is -0.360 e. The van der Waals surface area contributed by atoms with Crippen LogP contribution in [0.2, 0.25) is 5.02 Å². The SMILES string of the molecule is Cc1cc(N(CN2CCCC2=O)C(=O)c2ccc(Cl)cc2)no1. The third kappa shape index (κ3) is 3.37. The van der Waals surface area contributed by atoms with E-state index < -0.39 is 0 Å². The van der Waals surface area contributed by atoms with Crippen LogP contribution in [0.15, 0.2) is 34.9 Å². The normalized spacial score (nSPS) is 14.3. The van der Waals surface area contributed by atoms with Gasteiger partial charge in [-0.2, -0.15) is 0 Å². The first-order chi connectivity index (χ1) is 11.0. The fourth-order valence-corrected chi connectivity index (χ4v) is 2.62. The molecular weight excluding hydrogens is 318 g/mol. The lowest BCUT2D eigenvalue weighted by Crippen LogP contribution is -2.42. The summed E-state index contributed by atoms with van der Waals surface area (Å²) in [5, 5.41) is 4.47. The van der Waals surface area contributed by atoms with E-state index >= 15 is 0 Å². The van der Waals surface area contributed by atoms with E-state index in [1.165, 1.54) is 4.90 Å². The van der Waals surface area contributed by atoms with Crippen molar-refractivity contribution >= 4 is 29.2 Å². The molecule has 1 aromatic heterocycles. The molecule has 7 heteroatoms. The Bertz CT molecular complexity index is 726. The predicted octanol–water partition coefficient (Wildman–Crippen LogP) is 2.86. The van der Waals surface area contributed by atoms with E-state index in [0.717, 1.165) is 6.42 Å². The zero-order valence-electron chi connectivity index (χ0n) is 12.7. The van der Waals surface area contributed by atoms with Crippen LogP contribution in [0.3, 0.4) is 0 Å². The summed E-state index contributed by atoms with van der Waals surface area (Å²) in [7, 11) is 0. The van der Waals surface area contributed by atoms with Crippen molar-refractivity contribution in [3.05, 3.63) is 46.7 Å². The molecule has 2 aromatic rings. The fourth-order valence-electron chi connectivity index (χ4n) is 2.49. The number of nitrogens with zero attached hydrogens (tertiary/aromatic N) is 3. The van der Waals surface area contributed by atoms with Crippen molar-refractivity contribution in [2.24, 2.45) is 0 Å². The highest BCUT2D eigenvalue weighted by atomic mass is 35.5. The number of carbonyl (C=O) groups excluding carboxylic acids is 2. The largest absolute Gasteiger partial charge is 0.360 e. The molecule has 0 bridgehead atoms. The molecule has 0 N–H and O–H groups in total. The summed E-state index contributed by atoms with van der Waals surface area (Å²) in [4.78, 5) is 27.8. The van der Waals surface area contributed by atoms with Crippen molar-refractivity contribution in [2.45, 2.75) is 19.8 Å². The van der Waals surface area contributed by atoms with Crippen LogP contribution in [-0.2, 0) is 4.79 Å². The Kier molecular flexibility index (Phi) is 4.34. The molecular formula is C16H16ClN3O3. The summed E-state index contributed by atoms with van der Waals surface area (Å²) < 4.78 is 5.07. The van der Waals surface area contributed by atoms with Gasteiger partial charge in [-0.3, -0.25) is 14.5 Å². The van der Waals surface area contributed by atoms with Crippen LogP contribution in [0.5, 0.6) is 0 Å². The van der Waals surface area contributed by atoms with Crippen molar-refractivity contribution in [3.63, 3.8) is 0 Å². The van der Waals surface area contributed by atoms with Gasteiger partial charge in [-0.05, 0) is 37.6 Å². The molecule has 6 nitrogen and oxygen atoms in total. The molecule has 0 atom stereocenters. The van der Waals surface area contributed by atoms with E-state index in [-0.39, 0.29) is 18.5 Å². The number of likely N-dealkylation sites (tertiary alicyclic amines) is 1. The molecule has 0 saturated carbocycles. The van der Waals surface area contributed by atoms with Gasteiger partial charge in [0, 0.05) is 29.6 Å². The van der Waals surface area contributed by atoms with Gasteiger partial charge >= 0.3 is 0 Å². The topological polar surface area (TPSA) is 66.7 Å². The Morgan fingerprint density at radius 1 is 1.39 bits per heavy atom. The number of hydrogen-bond acceptors (Lipinski definition) is 4. The second-order valence-corrected chi connectivity index (χ2v) is 5.87. The number of anilines is 1. The van der Waals surface area contributed by atoms with Gasteiger partial charge in [0.05, 0.1) is 0 Å². The molecule has 1 aliphatic heterocycles. The van der Waals surface area contributed by atoms with E-state index in [9.17, 15) is 9.59 Å². The molecule has 1 fully saturated rings. The van der Waals surface area contributed by atoms with E-state index in [0.29, 0.717) is 35.1 Å². The Morgan fingerprint density at radius 3 is 2.70 bits per heavy atom. The van der Waals surface area contributed by atoms with Gasteiger partial charge in [0.1, 0.15) is 12.4 Å². The maximum Gasteiger partial charge on any atom is 0.261 e. The highest BCUT2D eigenvalue weighted by Gasteiger charge is 2.28. The molecule has 120 valence electrons. The summed E-state index contributed by atoms with van der Waals surface area (Å²) in [6.45, 7) is 2.55. The number of carbonyl (C=O) groups is 2. The van der Waals surface area contributed by atoms with Crippen molar-refractivity contribution in [2.75, 3.05) is 18.1 Å². The van der Waals surface area contributed by atoms with Crippen LogP contribution >= 0.6 is 11.6 Å². The average Bonchev–Trinajstić information content (AvgIpc) is 3.13. The van der Waals surface area contributed by atoms with Gasteiger partial charge in [0.15, 0.2) is 5.82 Å². The first-order valence-electron chi connectivity index (χ1n) is 7.33. The molecule has 1 aromatic carbocycles. The van der Waals surface area contributed by atoms with Gasteiger partial charge < -0.3 is 9.42 Å². The van der Waals surface area contributed by atoms with Gasteiger partial charge in [-0.1, -0.05) is 16.8 Å².